The highest BCUT2D eigenvalue weighted by Gasteiger charge is 2.26. The molecule has 180 valence electrons. The Labute approximate surface area is 226 Å². The number of rotatable bonds is 2. The van der Waals surface area contributed by atoms with Gasteiger partial charge in [-0.1, -0.05) is 115 Å². The third kappa shape index (κ3) is 2.79. The van der Waals surface area contributed by atoms with Gasteiger partial charge >= 0.3 is 0 Å². The summed E-state index contributed by atoms with van der Waals surface area (Å²) in [7, 11) is 0. The largest absolute Gasteiger partial charge is 0.309 e. The highest BCUT2D eigenvalue weighted by atomic mass is 15.0. The van der Waals surface area contributed by atoms with Gasteiger partial charge in [-0.05, 0) is 73.6 Å². The Balaban J connectivity index is 1.36. The molecule has 1 aromatic heterocycles. The Kier molecular flexibility index (Phi) is 4.11. The van der Waals surface area contributed by atoms with Crippen LogP contribution in [-0.2, 0) is 0 Å². The minimum Gasteiger partial charge on any atom is -0.309 e. The summed E-state index contributed by atoms with van der Waals surface area (Å²) >= 11 is 0. The summed E-state index contributed by atoms with van der Waals surface area (Å²) in [6.45, 7) is 0. The molecule has 0 N–H and O–H groups in total. The molecule has 0 unspecified atom stereocenters. The Bertz CT molecular complexity index is 2270. The molecule has 0 atom stereocenters. The zero-order valence-corrected chi connectivity index (χ0v) is 21.2. The Hall–Kier alpha value is -5.14. The fourth-order valence-corrected chi connectivity index (χ4v) is 6.91. The molecule has 8 aromatic rings. The first-order chi connectivity index (χ1) is 19.4. The van der Waals surface area contributed by atoms with Crippen LogP contribution >= 0.6 is 0 Å². The minimum atomic E-state index is 1.18. The number of nitrogens with zero attached hydrogens (tertiary/aromatic N) is 1. The van der Waals surface area contributed by atoms with E-state index in [1.165, 1.54) is 82.4 Å². The summed E-state index contributed by atoms with van der Waals surface area (Å²) in [4.78, 5) is 0. The maximum atomic E-state index is 2.45. The second kappa shape index (κ2) is 7.69. The predicted octanol–water partition coefficient (Wildman–Crippen LogP) is 10.4. The molecule has 1 heterocycles. The van der Waals surface area contributed by atoms with E-state index in [0.717, 1.165) is 0 Å². The van der Waals surface area contributed by atoms with Gasteiger partial charge in [0.2, 0.25) is 0 Å². The molecule has 0 amide bonds. The Morgan fingerprint density at radius 1 is 0.385 bits per heavy atom. The second-order valence-corrected chi connectivity index (χ2v) is 10.5. The van der Waals surface area contributed by atoms with Crippen LogP contribution in [0.3, 0.4) is 0 Å². The Morgan fingerprint density at radius 2 is 1.08 bits per heavy atom. The molecule has 1 nitrogen and oxygen atoms in total. The normalized spacial score (nSPS) is 12.1. The van der Waals surface area contributed by atoms with E-state index in [9.17, 15) is 0 Å². The van der Waals surface area contributed by atoms with E-state index in [0.29, 0.717) is 0 Å². The first kappa shape index (κ1) is 20.9. The van der Waals surface area contributed by atoms with Gasteiger partial charge in [0.25, 0.3) is 0 Å². The lowest BCUT2D eigenvalue weighted by Crippen LogP contribution is -1.94. The van der Waals surface area contributed by atoms with Crippen molar-refractivity contribution in [2.24, 2.45) is 0 Å². The quantitative estimate of drug-likeness (QED) is 0.226. The average molecular weight is 494 g/mol. The van der Waals surface area contributed by atoms with Crippen LogP contribution in [0.5, 0.6) is 0 Å². The highest BCUT2D eigenvalue weighted by Crippen LogP contribution is 2.52. The zero-order valence-electron chi connectivity index (χ0n) is 21.2. The molecule has 0 saturated carbocycles. The van der Waals surface area contributed by atoms with Crippen LogP contribution in [0.2, 0.25) is 0 Å². The van der Waals surface area contributed by atoms with Crippen LogP contribution in [0.25, 0.3) is 82.4 Å². The molecular formula is C38H23N. The van der Waals surface area contributed by atoms with Crippen molar-refractivity contribution in [2.45, 2.75) is 0 Å². The van der Waals surface area contributed by atoms with E-state index in [-0.39, 0.29) is 0 Å². The van der Waals surface area contributed by atoms with Crippen molar-refractivity contribution in [1.29, 1.82) is 0 Å². The monoisotopic (exact) mass is 493 g/mol. The van der Waals surface area contributed by atoms with Crippen LogP contribution in [0.15, 0.2) is 140 Å². The van der Waals surface area contributed by atoms with Gasteiger partial charge in [-0.2, -0.15) is 0 Å². The molecule has 1 aliphatic carbocycles. The van der Waals surface area contributed by atoms with E-state index in [1.807, 2.05) is 0 Å². The second-order valence-electron chi connectivity index (χ2n) is 10.5. The van der Waals surface area contributed by atoms with Crippen LogP contribution in [0, 0.1) is 0 Å². The minimum absolute atomic E-state index is 1.18. The lowest BCUT2D eigenvalue weighted by atomic mass is 9.97. The maximum Gasteiger partial charge on any atom is 0.0547 e. The summed E-state index contributed by atoms with van der Waals surface area (Å²) in [5.41, 5.74) is 11.5. The van der Waals surface area contributed by atoms with E-state index < -0.39 is 0 Å². The van der Waals surface area contributed by atoms with Gasteiger partial charge in [0.1, 0.15) is 0 Å². The summed E-state index contributed by atoms with van der Waals surface area (Å²) < 4.78 is 2.45. The van der Waals surface area contributed by atoms with Crippen molar-refractivity contribution in [3.63, 3.8) is 0 Å². The van der Waals surface area contributed by atoms with Gasteiger partial charge in [0, 0.05) is 22.0 Å². The zero-order chi connectivity index (χ0) is 25.5. The van der Waals surface area contributed by atoms with Crippen LogP contribution < -0.4 is 0 Å². The van der Waals surface area contributed by atoms with Crippen molar-refractivity contribution >= 4 is 43.4 Å². The standard InChI is InChI=1S/C38H23N/c1-2-15-28-24(9-1)10-6-17-29(28)26-13-5-14-27(23-26)39-34-20-4-3-16-32(34)38-35(39)22-21-31-30-18-7-11-25-12-8-19-33(36(25)30)37(31)38/h1-23H. The predicted molar refractivity (Wildman–Crippen MR) is 166 cm³/mol. The lowest BCUT2D eigenvalue weighted by Gasteiger charge is -2.12. The van der Waals surface area contributed by atoms with Gasteiger partial charge in [0.05, 0.1) is 11.0 Å². The van der Waals surface area contributed by atoms with Crippen molar-refractivity contribution < 1.29 is 0 Å². The SMILES string of the molecule is c1cc(-c2cccc3ccccc23)cc(-n2c3ccccc3c3c4c(ccc32)-c2cccc3cccc-4c23)c1. The topological polar surface area (TPSA) is 4.93 Å². The summed E-state index contributed by atoms with van der Waals surface area (Å²) in [5.74, 6) is 0. The molecular weight excluding hydrogens is 470 g/mol. The number of benzene rings is 7. The van der Waals surface area contributed by atoms with Crippen LogP contribution in [0.4, 0.5) is 0 Å². The molecule has 0 aliphatic heterocycles. The van der Waals surface area contributed by atoms with Gasteiger partial charge in [0.15, 0.2) is 0 Å². The average Bonchev–Trinajstić information content (AvgIpc) is 3.51. The van der Waals surface area contributed by atoms with Gasteiger partial charge in [-0.25, -0.2) is 0 Å². The fraction of sp³-hybridized carbons (Fsp3) is 0. The van der Waals surface area contributed by atoms with Crippen LogP contribution in [-0.4, -0.2) is 4.57 Å². The molecule has 0 fully saturated rings. The van der Waals surface area contributed by atoms with E-state index in [1.54, 1.807) is 0 Å². The lowest BCUT2D eigenvalue weighted by molar-refractivity contribution is 1.18. The van der Waals surface area contributed by atoms with Gasteiger partial charge in [-0.3, -0.25) is 0 Å². The molecule has 39 heavy (non-hydrogen) atoms. The highest BCUT2D eigenvalue weighted by molar-refractivity contribution is 6.26. The summed E-state index contributed by atoms with van der Waals surface area (Å²) in [5, 5.41) is 7.86. The third-order valence-electron chi connectivity index (χ3n) is 8.51. The summed E-state index contributed by atoms with van der Waals surface area (Å²) in [6.07, 6.45) is 0. The third-order valence-corrected chi connectivity index (χ3v) is 8.51. The van der Waals surface area contributed by atoms with Crippen molar-refractivity contribution in [2.75, 3.05) is 0 Å². The van der Waals surface area contributed by atoms with Gasteiger partial charge in [-0.15, -0.1) is 0 Å². The molecule has 0 radical (unpaired) electrons. The van der Waals surface area contributed by atoms with Crippen molar-refractivity contribution in [3.8, 4) is 39.1 Å². The maximum absolute atomic E-state index is 2.45. The van der Waals surface area contributed by atoms with E-state index in [2.05, 4.69) is 144 Å². The number of hydrogen-bond donors (Lipinski definition) is 0. The number of para-hydroxylation sites is 1. The number of fused-ring (bicyclic) bond motifs is 8. The number of hydrogen-bond acceptors (Lipinski definition) is 0. The molecule has 1 aliphatic rings. The fourth-order valence-electron chi connectivity index (χ4n) is 6.91. The molecule has 0 saturated heterocycles. The molecule has 1 heteroatoms. The molecule has 0 spiro atoms. The molecule has 0 bridgehead atoms. The van der Waals surface area contributed by atoms with Crippen molar-refractivity contribution in [1.82, 2.24) is 4.57 Å². The number of aromatic nitrogens is 1. The molecule has 9 rings (SSSR count). The smallest absolute Gasteiger partial charge is 0.0547 e. The van der Waals surface area contributed by atoms with E-state index >= 15 is 0 Å². The molecule has 7 aromatic carbocycles. The first-order valence-corrected chi connectivity index (χ1v) is 13.5. The van der Waals surface area contributed by atoms with Crippen molar-refractivity contribution in [3.05, 3.63) is 140 Å². The van der Waals surface area contributed by atoms with Gasteiger partial charge < -0.3 is 4.57 Å². The Morgan fingerprint density at radius 3 is 1.97 bits per heavy atom. The van der Waals surface area contributed by atoms with Crippen LogP contribution in [0.1, 0.15) is 0 Å². The summed E-state index contributed by atoms with van der Waals surface area (Å²) in [6, 6.07) is 51.2. The first-order valence-electron chi connectivity index (χ1n) is 13.5. The van der Waals surface area contributed by atoms with E-state index in [4.69, 9.17) is 0 Å².